The zero-order chi connectivity index (χ0) is 19.0. The number of pyridine rings is 1. The van der Waals surface area contributed by atoms with E-state index in [1.54, 1.807) is 29.1 Å². The number of carbonyl (C=O) groups is 2. The molecule has 1 atom stereocenters. The molecule has 2 aromatic rings. The topological polar surface area (TPSA) is 71.8 Å². The number of rotatable bonds is 2. The number of hydrogen-bond acceptors (Lipinski definition) is 4. The summed E-state index contributed by atoms with van der Waals surface area (Å²) < 4.78 is 7.30. The molecular weight excluding hydrogens is 346 g/mol. The van der Waals surface area contributed by atoms with E-state index in [9.17, 15) is 14.4 Å². The number of hydrogen-bond donors (Lipinski definition) is 0. The summed E-state index contributed by atoms with van der Waals surface area (Å²) in [6, 6.07) is 12.5. The molecule has 140 valence electrons. The Morgan fingerprint density at radius 3 is 2.59 bits per heavy atom. The Kier molecular flexibility index (Phi) is 4.31. The van der Waals surface area contributed by atoms with Crippen LogP contribution in [-0.2, 0) is 16.6 Å². The number of aromatic nitrogens is 1. The number of likely N-dealkylation sites (tertiary alicyclic amines) is 1. The van der Waals surface area contributed by atoms with Crippen molar-refractivity contribution in [1.29, 1.82) is 0 Å². The minimum absolute atomic E-state index is 0.0107. The van der Waals surface area contributed by atoms with Gasteiger partial charge in [-0.05, 0) is 24.6 Å². The van der Waals surface area contributed by atoms with Crippen molar-refractivity contribution in [3.63, 3.8) is 0 Å². The highest BCUT2D eigenvalue weighted by Crippen LogP contribution is 2.32. The van der Waals surface area contributed by atoms with Gasteiger partial charge in [0.25, 0.3) is 11.8 Å². The molecule has 4 rings (SSSR count). The third-order valence-corrected chi connectivity index (χ3v) is 5.25. The second-order valence-electron chi connectivity index (χ2n) is 7.13. The molecule has 7 nitrogen and oxygen atoms in total. The summed E-state index contributed by atoms with van der Waals surface area (Å²) in [6.45, 7) is 1.41. The van der Waals surface area contributed by atoms with Crippen LogP contribution in [0.25, 0.3) is 0 Å². The van der Waals surface area contributed by atoms with Crippen molar-refractivity contribution in [2.45, 2.75) is 12.0 Å². The fraction of sp³-hybridized carbons (Fsp3) is 0.350. The summed E-state index contributed by atoms with van der Waals surface area (Å²) in [5.74, 6) is -0.205. The monoisotopic (exact) mass is 367 g/mol. The number of benzene rings is 1. The van der Waals surface area contributed by atoms with Gasteiger partial charge in [0, 0.05) is 31.5 Å². The van der Waals surface area contributed by atoms with Gasteiger partial charge in [0.2, 0.25) is 5.56 Å². The molecule has 1 aromatic heterocycles. The molecule has 0 saturated carbocycles. The Bertz CT molecular complexity index is 940. The minimum atomic E-state index is -0.555. The second-order valence-corrected chi connectivity index (χ2v) is 7.13. The van der Waals surface area contributed by atoms with E-state index in [2.05, 4.69) is 0 Å². The Morgan fingerprint density at radius 1 is 1.07 bits per heavy atom. The summed E-state index contributed by atoms with van der Waals surface area (Å²) >= 11 is 0. The predicted molar refractivity (Wildman–Crippen MR) is 99.7 cm³/mol. The standard InChI is InChI=1S/C20H21N3O4/c1-21-11-15(7-8-17(21)24)19(26)22-10-9-20(13-22)14-23(18(25)12-27-20)16-5-3-2-4-6-16/h2-8,11H,9-10,12-14H2,1H3. The first-order valence-electron chi connectivity index (χ1n) is 8.93. The van der Waals surface area contributed by atoms with Crippen molar-refractivity contribution in [1.82, 2.24) is 9.47 Å². The van der Waals surface area contributed by atoms with Crippen LogP contribution in [0.2, 0.25) is 0 Å². The number of ether oxygens (including phenoxy) is 1. The van der Waals surface area contributed by atoms with Crippen molar-refractivity contribution in [3.8, 4) is 0 Å². The maximum Gasteiger partial charge on any atom is 0.255 e. The highest BCUT2D eigenvalue weighted by atomic mass is 16.5. The lowest BCUT2D eigenvalue weighted by Crippen LogP contribution is -2.56. The lowest BCUT2D eigenvalue weighted by Gasteiger charge is -2.40. The third-order valence-electron chi connectivity index (χ3n) is 5.25. The van der Waals surface area contributed by atoms with Crippen molar-refractivity contribution in [2.24, 2.45) is 7.05 Å². The molecule has 2 aliphatic rings. The first-order valence-corrected chi connectivity index (χ1v) is 8.93. The van der Waals surface area contributed by atoms with Gasteiger partial charge in [-0.15, -0.1) is 0 Å². The SMILES string of the molecule is Cn1cc(C(=O)N2CCC3(C2)CN(c2ccccc2)C(=O)CO3)ccc1=O. The van der Waals surface area contributed by atoms with E-state index in [1.165, 1.54) is 10.6 Å². The molecule has 0 N–H and O–H groups in total. The van der Waals surface area contributed by atoms with Gasteiger partial charge in [0.15, 0.2) is 0 Å². The van der Waals surface area contributed by atoms with Gasteiger partial charge in [-0.2, -0.15) is 0 Å². The maximum absolute atomic E-state index is 12.8. The normalized spacial score (nSPS) is 22.5. The molecule has 2 fully saturated rings. The van der Waals surface area contributed by atoms with E-state index in [-0.39, 0.29) is 24.0 Å². The molecule has 1 aromatic carbocycles. The number of anilines is 1. The average molecular weight is 367 g/mol. The Labute approximate surface area is 156 Å². The van der Waals surface area contributed by atoms with Gasteiger partial charge in [-0.3, -0.25) is 14.4 Å². The number of morpholine rings is 1. The van der Waals surface area contributed by atoms with Gasteiger partial charge < -0.3 is 19.1 Å². The zero-order valence-electron chi connectivity index (χ0n) is 15.1. The molecule has 7 heteroatoms. The molecule has 2 aliphatic heterocycles. The summed E-state index contributed by atoms with van der Waals surface area (Å²) in [5.41, 5.74) is 0.603. The molecule has 0 bridgehead atoms. The van der Waals surface area contributed by atoms with Crippen molar-refractivity contribution in [2.75, 3.05) is 31.1 Å². The molecule has 0 radical (unpaired) electrons. The summed E-state index contributed by atoms with van der Waals surface area (Å²) in [5, 5.41) is 0. The van der Waals surface area contributed by atoms with Crippen molar-refractivity contribution < 1.29 is 14.3 Å². The van der Waals surface area contributed by atoms with Crippen LogP contribution in [0.5, 0.6) is 0 Å². The van der Waals surface area contributed by atoms with E-state index in [4.69, 9.17) is 4.74 Å². The van der Waals surface area contributed by atoms with E-state index in [0.717, 1.165) is 5.69 Å². The molecule has 1 spiro atoms. The molecule has 27 heavy (non-hydrogen) atoms. The number of aryl methyl sites for hydroxylation is 1. The highest BCUT2D eigenvalue weighted by Gasteiger charge is 2.46. The van der Waals surface area contributed by atoms with Crippen molar-refractivity contribution >= 4 is 17.5 Å². The van der Waals surface area contributed by atoms with Gasteiger partial charge in [-0.1, -0.05) is 18.2 Å². The van der Waals surface area contributed by atoms with E-state index < -0.39 is 5.60 Å². The Hall–Kier alpha value is -2.93. The summed E-state index contributed by atoms with van der Waals surface area (Å²) in [7, 11) is 1.62. The third kappa shape index (κ3) is 3.26. The largest absolute Gasteiger partial charge is 0.361 e. The van der Waals surface area contributed by atoms with Crippen LogP contribution < -0.4 is 10.5 Å². The van der Waals surface area contributed by atoms with E-state index in [1.807, 2.05) is 30.3 Å². The molecule has 0 aliphatic carbocycles. The number of amides is 2. The van der Waals surface area contributed by atoms with Crippen LogP contribution in [0, 0.1) is 0 Å². The number of carbonyl (C=O) groups excluding carboxylic acids is 2. The van der Waals surface area contributed by atoms with Crippen LogP contribution >= 0.6 is 0 Å². The van der Waals surface area contributed by atoms with Crippen LogP contribution in [0.3, 0.4) is 0 Å². The second kappa shape index (κ2) is 6.66. The van der Waals surface area contributed by atoms with Crippen LogP contribution in [0.1, 0.15) is 16.8 Å². The number of para-hydroxylation sites is 1. The van der Waals surface area contributed by atoms with Crippen LogP contribution in [0.15, 0.2) is 53.5 Å². The van der Waals surface area contributed by atoms with Gasteiger partial charge in [-0.25, -0.2) is 0 Å². The molecular formula is C20H21N3O4. The molecule has 3 heterocycles. The maximum atomic E-state index is 12.8. The number of nitrogens with zero attached hydrogens (tertiary/aromatic N) is 3. The molecule has 1 unspecified atom stereocenters. The van der Waals surface area contributed by atoms with Gasteiger partial charge in [0.05, 0.1) is 18.7 Å². The first kappa shape index (κ1) is 17.5. The summed E-state index contributed by atoms with van der Waals surface area (Å²) in [6.07, 6.45) is 2.22. The quantitative estimate of drug-likeness (QED) is 0.795. The van der Waals surface area contributed by atoms with Crippen LogP contribution in [-0.4, -0.2) is 53.1 Å². The molecule has 2 amide bonds. The smallest absolute Gasteiger partial charge is 0.255 e. The highest BCUT2D eigenvalue weighted by molar-refractivity contribution is 5.96. The minimum Gasteiger partial charge on any atom is -0.361 e. The van der Waals surface area contributed by atoms with E-state index >= 15 is 0 Å². The average Bonchev–Trinajstić information content (AvgIpc) is 3.10. The summed E-state index contributed by atoms with van der Waals surface area (Å²) in [4.78, 5) is 40.2. The fourth-order valence-electron chi connectivity index (χ4n) is 3.73. The fourth-order valence-corrected chi connectivity index (χ4v) is 3.73. The lowest BCUT2D eigenvalue weighted by molar-refractivity contribution is -0.137. The van der Waals surface area contributed by atoms with Gasteiger partial charge in [0.1, 0.15) is 12.2 Å². The van der Waals surface area contributed by atoms with Gasteiger partial charge >= 0.3 is 0 Å². The Balaban J connectivity index is 1.52. The lowest BCUT2D eigenvalue weighted by atomic mass is 10.00. The van der Waals surface area contributed by atoms with E-state index in [0.29, 0.717) is 31.6 Å². The zero-order valence-corrected chi connectivity index (χ0v) is 15.1. The van der Waals surface area contributed by atoms with Crippen molar-refractivity contribution in [3.05, 3.63) is 64.6 Å². The molecule has 2 saturated heterocycles. The first-order chi connectivity index (χ1) is 13.0. The van der Waals surface area contributed by atoms with Crippen LogP contribution in [0.4, 0.5) is 5.69 Å². The predicted octanol–water partition coefficient (Wildman–Crippen LogP) is 1.03. The Morgan fingerprint density at radius 2 is 1.85 bits per heavy atom.